The molecule has 0 amide bonds. The third-order valence-corrected chi connectivity index (χ3v) is 1.08. The second kappa shape index (κ2) is 4.34. The van der Waals surface area contributed by atoms with Gasteiger partial charge in [0.1, 0.15) is 0 Å². The average Bonchev–Trinajstić information content (AvgIpc) is 2.10. The van der Waals surface area contributed by atoms with Crippen molar-refractivity contribution in [2.24, 2.45) is 0 Å². The van der Waals surface area contributed by atoms with Gasteiger partial charge in [-0.2, -0.15) is 35.1 Å². The predicted octanol–water partition coefficient (Wildman–Crippen LogP) is 4.41. The van der Waals surface area contributed by atoms with E-state index in [4.69, 9.17) is 0 Å². The summed E-state index contributed by atoms with van der Waals surface area (Å²) < 4.78 is 116. The molecule has 0 bridgehead atoms. The number of hydrogen-bond acceptors (Lipinski definition) is 0. The van der Waals surface area contributed by atoms with Crippen molar-refractivity contribution in [3.63, 3.8) is 0 Å². The molecule has 0 aromatic rings. The standard InChI is InChI=1S/C6F10/c7-1(3(9)5(11,12)13)2(8)4(10)6(14,15)16. The Labute approximate surface area is 80.8 Å². The maximum absolute atomic E-state index is 12.1. The topological polar surface area (TPSA) is 0 Å². The summed E-state index contributed by atoms with van der Waals surface area (Å²) in [7, 11) is 0. The molecule has 0 rings (SSSR count). The van der Waals surface area contributed by atoms with Crippen LogP contribution in [-0.2, 0) is 0 Å². The van der Waals surface area contributed by atoms with E-state index in [1.165, 1.54) is 0 Å². The van der Waals surface area contributed by atoms with Crippen LogP contribution in [0.5, 0.6) is 0 Å². The van der Waals surface area contributed by atoms with Crippen molar-refractivity contribution in [1.29, 1.82) is 0 Å². The predicted molar refractivity (Wildman–Crippen MR) is 30.6 cm³/mol. The van der Waals surface area contributed by atoms with Crippen LogP contribution < -0.4 is 0 Å². The fourth-order valence-electron chi connectivity index (χ4n) is 0.442. The first-order valence-electron chi connectivity index (χ1n) is 3.14. The number of allylic oxidation sites excluding steroid dienone is 4. The second-order valence-electron chi connectivity index (χ2n) is 2.25. The van der Waals surface area contributed by atoms with Crippen LogP contribution in [0.1, 0.15) is 0 Å². The highest BCUT2D eigenvalue weighted by atomic mass is 19.4. The van der Waals surface area contributed by atoms with Crippen LogP contribution in [0.3, 0.4) is 0 Å². The average molecular weight is 262 g/mol. The minimum absolute atomic E-state index is 3.60. The number of alkyl halides is 6. The summed E-state index contributed by atoms with van der Waals surface area (Å²) in [6, 6.07) is 0. The van der Waals surface area contributed by atoms with Crippen LogP contribution in [-0.4, -0.2) is 12.4 Å². The van der Waals surface area contributed by atoms with E-state index < -0.39 is 35.7 Å². The van der Waals surface area contributed by atoms with Crippen LogP contribution >= 0.6 is 0 Å². The highest BCUT2D eigenvalue weighted by molar-refractivity contribution is 5.28. The van der Waals surface area contributed by atoms with Crippen molar-refractivity contribution in [1.82, 2.24) is 0 Å². The summed E-state index contributed by atoms with van der Waals surface area (Å²) in [4.78, 5) is 0. The summed E-state index contributed by atoms with van der Waals surface area (Å²) in [5.74, 6) is -14.8. The zero-order chi connectivity index (χ0) is 13.3. The van der Waals surface area contributed by atoms with Crippen LogP contribution in [0.2, 0.25) is 0 Å². The Balaban J connectivity index is 5.55. The molecule has 0 nitrogen and oxygen atoms in total. The van der Waals surface area contributed by atoms with Crippen molar-refractivity contribution in [3.8, 4) is 0 Å². The van der Waals surface area contributed by atoms with Gasteiger partial charge in [0, 0.05) is 0 Å². The molecule has 0 atom stereocenters. The molecule has 0 N–H and O–H groups in total. The zero-order valence-electron chi connectivity index (χ0n) is 6.78. The van der Waals surface area contributed by atoms with E-state index in [1.807, 2.05) is 0 Å². The smallest absolute Gasteiger partial charge is 0.200 e. The van der Waals surface area contributed by atoms with Gasteiger partial charge in [0.15, 0.2) is 0 Å². The molecule has 0 aromatic heterocycles. The molecule has 0 spiro atoms. The molecule has 0 unspecified atom stereocenters. The molecule has 0 saturated carbocycles. The Bertz CT molecular complexity index is 292. The van der Waals surface area contributed by atoms with Gasteiger partial charge in [-0.3, -0.25) is 0 Å². The van der Waals surface area contributed by atoms with E-state index in [9.17, 15) is 43.9 Å². The van der Waals surface area contributed by atoms with Crippen molar-refractivity contribution < 1.29 is 43.9 Å². The summed E-state index contributed by atoms with van der Waals surface area (Å²) in [6.45, 7) is 0. The molecule has 0 aliphatic heterocycles. The first kappa shape index (κ1) is 14.8. The Morgan fingerprint density at radius 2 is 0.688 bits per heavy atom. The SMILES string of the molecule is FC(C(F)=C(F)C(F)(F)F)=C(F)C(F)(F)F. The quantitative estimate of drug-likeness (QED) is 0.485. The van der Waals surface area contributed by atoms with Gasteiger partial charge in [-0.15, -0.1) is 0 Å². The van der Waals surface area contributed by atoms with Gasteiger partial charge in [0.25, 0.3) is 0 Å². The summed E-state index contributed by atoms with van der Waals surface area (Å²) >= 11 is 0. The first-order chi connectivity index (χ1) is 6.89. The van der Waals surface area contributed by atoms with E-state index >= 15 is 0 Å². The summed E-state index contributed by atoms with van der Waals surface area (Å²) in [5.41, 5.74) is 0. The Hall–Kier alpha value is -1.22. The molecule has 94 valence electrons. The van der Waals surface area contributed by atoms with Gasteiger partial charge in [-0.25, -0.2) is 8.78 Å². The van der Waals surface area contributed by atoms with Gasteiger partial charge >= 0.3 is 12.4 Å². The summed E-state index contributed by atoms with van der Waals surface area (Å²) in [6.07, 6.45) is -12.1. The van der Waals surface area contributed by atoms with Gasteiger partial charge in [-0.05, 0) is 0 Å². The van der Waals surface area contributed by atoms with Crippen molar-refractivity contribution >= 4 is 0 Å². The number of rotatable bonds is 1. The molecule has 16 heavy (non-hydrogen) atoms. The minimum atomic E-state index is -6.05. The molecule has 10 heteroatoms. The van der Waals surface area contributed by atoms with E-state index in [2.05, 4.69) is 0 Å². The molecule has 0 saturated heterocycles. The molecule has 0 radical (unpaired) electrons. The molecule has 0 aliphatic carbocycles. The molecule has 0 fully saturated rings. The van der Waals surface area contributed by atoms with E-state index in [0.717, 1.165) is 0 Å². The lowest BCUT2D eigenvalue weighted by Gasteiger charge is -2.06. The van der Waals surface area contributed by atoms with Crippen molar-refractivity contribution in [2.45, 2.75) is 12.4 Å². The molecule has 0 aliphatic rings. The Morgan fingerprint density at radius 1 is 0.500 bits per heavy atom. The fourth-order valence-corrected chi connectivity index (χ4v) is 0.442. The lowest BCUT2D eigenvalue weighted by molar-refractivity contribution is -0.115. The van der Waals surface area contributed by atoms with Crippen molar-refractivity contribution in [2.75, 3.05) is 0 Å². The normalized spacial score (nSPS) is 16.9. The van der Waals surface area contributed by atoms with E-state index in [1.54, 1.807) is 0 Å². The van der Waals surface area contributed by atoms with Crippen molar-refractivity contribution in [3.05, 3.63) is 23.3 Å². The highest BCUT2D eigenvalue weighted by Gasteiger charge is 2.44. The monoisotopic (exact) mass is 262 g/mol. The minimum Gasteiger partial charge on any atom is -0.200 e. The summed E-state index contributed by atoms with van der Waals surface area (Å²) in [5, 5.41) is 0. The maximum Gasteiger partial charge on any atom is 0.446 e. The molecule has 0 heterocycles. The largest absolute Gasteiger partial charge is 0.446 e. The molecular formula is C6F10. The second-order valence-corrected chi connectivity index (χ2v) is 2.25. The van der Waals surface area contributed by atoms with Crippen LogP contribution in [0.15, 0.2) is 23.3 Å². The van der Waals surface area contributed by atoms with Crippen LogP contribution in [0, 0.1) is 0 Å². The van der Waals surface area contributed by atoms with Gasteiger partial charge in [0.2, 0.25) is 23.3 Å². The lowest BCUT2D eigenvalue weighted by Crippen LogP contribution is -2.13. The number of hydrogen-bond donors (Lipinski definition) is 0. The number of halogens is 10. The highest BCUT2D eigenvalue weighted by Crippen LogP contribution is 2.38. The maximum atomic E-state index is 12.1. The van der Waals surface area contributed by atoms with Gasteiger partial charge in [0.05, 0.1) is 0 Å². The third kappa shape index (κ3) is 3.42. The fraction of sp³-hybridized carbons (Fsp3) is 0.333. The van der Waals surface area contributed by atoms with Gasteiger partial charge in [-0.1, -0.05) is 0 Å². The van der Waals surface area contributed by atoms with Crippen LogP contribution in [0.25, 0.3) is 0 Å². The first-order valence-corrected chi connectivity index (χ1v) is 3.14. The third-order valence-electron chi connectivity index (χ3n) is 1.08. The van der Waals surface area contributed by atoms with E-state index in [-0.39, 0.29) is 0 Å². The Morgan fingerprint density at radius 3 is 0.812 bits per heavy atom. The molecule has 0 aromatic carbocycles. The lowest BCUT2D eigenvalue weighted by atomic mass is 10.3. The van der Waals surface area contributed by atoms with Crippen LogP contribution in [0.4, 0.5) is 43.9 Å². The molecular weight excluding hydrogens is 262 g/mol. The Kier molecular flexibility index (Phi) is 4.01. The zero-order valence-corrected chi connectivity index (χ0v) is 6.78. The van der Waals surface area contributed by atoms with E-state index in [0.29, 0.717) is 0 Å². The van der Waals surface area contributed by atoms with Gasteiger partial charge < -0.3 is 0 Å².